The second kappa shape index (κ2) is 9.04. The SMILES string of the molecule is CCN(CC)c1ccc(N2CCN(C(=O)Cc3ccccc3Cl)CC2)nn1. The van der Waals surface area contributed by atoms with Crippen molar-refractivity contribution in [3.05, 3.63) is 47.0 Å². The van der Waals surface area contributed by atoms with E-state index in [4.69, 9.17) is 11.6 Å². The van der Waals surface area contributed by atoms with Crippen molar-refractivity contribution in [3.63, 3.8) is 0 Å². The molecule has 1 fully saturated rings. The number of carbonyl (C=O) groups is 1. The van der Waals surface area contributed by atoms with Crippen molar-refractivity contribution in [2.45, 2.75) is 20.3 Å². The molecular formula is C20H26ClN5O. The molecule has 1 aliphatic rings. The summed E-state index contributed by atoms with van der Waals surface area (Å²) in [5.41, 5.74) is 0.879. The highest BCUT2D eigenvalue weighted by atomic mass is 35.5. The molecule has 1 aliphatic heterocycles. The number of aromatic nitrogens is 2. The molecule has 0 bridgehead atoms. The van der Waals surface area contributed by atoms with Crippen molar-refractivity contribution in [2.24, 2.45) is 0 Å². The van der Waals surface area contributed by atoms with Gasteiger partial charge in [-0.25, -0.2) is 0 Å². The predicted molar refractivity (Wildman–Crippen MR) is 110 cm³/mol. The molecule has 3 rings (SSSR count). The van der Waals surface area contributed by atoms with Crippen molar-refractivity contribution in [3.8, 4) is 0 Å². The van der Waals surface area contributed by atoms with Crippen molar-refractivity contribution >= 4 is 29.1 Å². The molecule has 1 amide bonds. The summed E-state index contributed by atoms with van der Waals surface area (Å²) < 4.78 is 0. The van der Waals surface area contributed by atoms with Crippen LogP contribution in [0.3, 0.4) is 0 Å². The minimum absolute atomic E-state index is 0.116. The maximum atomic E-state index is 12.6. The minimum Gasteiger partial charge on any atom is -0.356 e. The van der Waals surface area contributed by atoms with Crippen molar-refractivity contribution in [1.29, 1.82) is 0 Å². The molecule has 1 saturated heterocycles. The van der Waals surface area contributed by atoms with Gasteiger partial charge in [0.05, 0.1) is 6.42 Å². The number of carbonyl (C=O) groups excluding carboxylic acids is 1. The Morgan fingerprint density at radius 2 is 1.74 bits per heavy atom. The van der Waals surface area contributed by atoms with Gasteiger partial charge in [0.25, 0.3) is 0 Å². The highest BCUT2D eigenvalue weighted by molar-refractivity contribution is 6.31. The lowest BCUT2D eigenvalue weighted by atomic mass is 10.1. The lowest BCUT2D eigenvalue weighted by Gasteiger charge is -2.35. The Hall–Kier alpha value is -2.34. The summed E-state index contributed by atoms with van der Waals surface area (Å²) in [6, 6.07) is 11.5. The minimum atomic E-state index is 0.116. The second-order valence-electron chi connectivity index (χ2n) is 6.56. The van der Waals surface area contributed by atoms with E-state index >= 15 is 0 Å². The monoisotopic (exact) mass is 387 g/mol. The molecule has 0 radical (unpaired) electrons. The van der Waals surface area contributed by atoms with Gasteiger partial charge in [-0.2, -0.15) is 0 Å². The van der Waals surface area contributed by atoms with E-state index in [1.165, 1.54) is 0 Å². The van der Waals surface area contributed by atoms with Gasteiger partial charge in [-0.3, -0.25) is 4.79 Å². The molecule has 0 unspecified atom stereocenters. The highest BCUT2D eigenvalue weighted by Crippen LogP contribution is 2.19. The zero-order valence-corrected chi connectivity index (χ0v) is 16.7. The molecule has 0 aliphatic carbocycles. The lowest BCUT2D eigenvalue weighted by molar-refractivity contribution is -0.130. The fourth-order valence-electron chi connectivity index (χ4n) is 3.30. The van der Waals surface area contributed by atoms with Crippen LogP contribution >= 0.6 is 11.6 Å². The van der Waals surface area contributed by atoms with Gasteiger partial charge in [-0.1, -0.05) is 29.8 Å². The van der Waals surface area contributed by atoms with Crippen LogP contribution in [0.4, 0.5) is 11.6 Å². The predicted octanol–water partition coefficient (Wildman–Crippen LogP) is 2.87. The fraction of sp³-hybridized carbons (Fsp3) is 0.450. The number of amides is 1. The quantitative estimate of drug-likeness (QED) is 0.762. The summed E-state index contributed by atoms with van der Waals surface area (Å²) in [4.78, 5) is 18.8. The fourth-order valence-corrected chi connectivity index (χ4v) is 3.51. The molecule has 27 heavy (non-hydrogen) atoms. The van der Waals surface area contributed by atoms with E-state index in [-0.39, 0.29) is 5.91 Å². The molecule has 0 saturated carbocycles. The Kier molecular flexibility index (Phi) is 6.50. The van der Waals surface area contributed by atoms with E-state index in [1.54, 1.807) is 0 Å². The van der Waals surface area contributed by atoms with Gasteiger partial charge in [-0.05, 0) is 37.6 Å². The largest absolute Gasteiger partial charge is 0.356 e. The molecule has 0 atom stereocenters. The van der Waals surface area contributed by atoms with Crippen LogP contribution in [0.5, 0.6) is 0 Å². The summed E-state index contributed by atoms with van der Waals surface area (Å²) >= 11 is 6.17. The normalized spacial score (nSPS) is 14.3. The summed E-state index contributed by atoms with van der Waals surface area (Å²) in [5.74, 6) is 1.88. The van der Waals surface area contributed by atoms with Gasteiger partial charge in [0.1, 0.15) is 0 Å². The van der Waals surface area contributed by atoms with Gasteiger partial charge < -0.3 is 14.7 Å². The number of anilines is 2. The van der Waals surface area contributed by atoms with Crippen LogP contribution in [0.25, 0.3) is 0 Å². The molecule has 7 heteroatoms. The third-order valence-corrected chi connectivity index (χ3v) is 5.35. The summed E-state index contributed by atoms with van der Waals surface area (Å²) in [6.45, 7) is 8.93. The van der Waals surface area contributed by atoms with Crippen LogP contribution < -0.4 is 9.80 Å². The van der Waals surface area contributed by atoms with Crippen LogP contribution in [0.1, 0.15) is 19.4 Å². The van der Waals surface area contributed by atoms with Gasteiger partial charge in [0.2, 0.25) is 5.91 Å². The number of halogens is 1. The average Bonchev–Trinajstić information content (AvgIpc) is 2.71. The zero-order valence-electron chi connectivity index (χ0n) is 15.9. The van der Waals surface area contributed by atoms with Gasteiger partial charge in [0.15, 0.2) is 11.6 Å². The van der Waals surface area contributed by atoms with Crippen molar-refractivity contribution in [2.75, 3.05) is 49.1 Å². The van der Waals surface area contributed by atoms with Crippen molar-refractivity contribution < 1.29 is 4.79 Å². The van der Waals surface area contributed by atoms with E-state index in [0.29, 0.717) is 24.5 Å². The first-order valence-electron chi connectivity index (χ1n) is 9.47. The molecule has 2 aromatic rings. The third-order valence-electron chi connectivity index (χ3n) is 4.98. The molecule has 0 spiro atoms. The Morgan fingerprint density at radius 3 is 2.33 bits per heavy atom. The molecule has 0 N–H and O–H groups in total. The van der Waals surface area contributed by atoms with E-state index < -0.39 is 0 Å². The topological polar surface area (TPSA) is 52.6 Å². The Bertz CT molecular complexity index is 755. The smallest absolute Gasteiger partial charge is 0.227 e. The number of rotatable bonds is 6. The number of hydrogen-bond donors (Lipinski definition) is 0. The summed E-state index contributed by atoms with van der Waals surface area (Å²) in [6.07, 6.45) is 0.345. The average molecular weight is 388 g/mol. The van der Waals surface area contributed by atoms with E-state index in [1.807, 2.05) is 41.3 Å². The van der Waals surface area contributed by atoms with E-state index in [2.05, 4.69) is 33.8 Å². The first-order chi connectivity index (χ1) is 13.1. The first-order valence-corrected chi connectivity index (χ1v) is 9.85. The molecule has 2 heterocycles. The molecule has 1 aromatic heterocycles. The standard InChI is InChI=1S/C20H26ClN5O/c1-3-24(4-2)18-9-10-19(23-22-18)25-11-13-26(14-12-25)20(27)15-16-7-5-6-8-17(16)21/h5-10H,3-4,11-15H2,1-2H3. The Morgan fingerprint density at radius 1 is 1.04 bits per heavy atom. The lowest BCUT2D eigenvalue weighted by Crippen LogP contribution is -2.49. The highest BCUT2D eigenvalue weighted by Gasteiger charge is 2.22. The van der Waals surface area contributed by atoms with Crippen LogP contribution in [0.2, 0.25) is 5.02 Å². The van der Waals surface area contributed by atoms with Crippen LogP contribution in [-0.2, 0) is 11.2 Å². The maximum Gasteiger partial charge on any atom is 0.227 e. The maximum absolute atomic E-state index is 12.6. The third kappa shape index (κ3) is 4.69. The molecule has 144 valence electrons. The van der Waals surface area contributed by atoms with Crippen LogP contribution in [0.15, 0.2) is 36.4 Å². The molecule has 6 nitrogen and oxygen atoms in total. The van der Waals surface area contributed by atoms with Crippen molar-refractivity contribution in [1.82, 2.24) is 15.1 Å². The van der Waals surface area contributed by atoms with Gasteiger partial charge in [0, 0.05) is 44.3 Å². The van der Waals surface area contributed by atoms with Crippen LogP contribution in [0, 0.1) is 0 Å². The number of hydrogen-bond acceptors (Lipinski definition) is 5. The summed E-state index contributed by atoms with van der Waals surface area (Å²) in [5, 5.41) is 9.38. The molecule has 1 aromatic carbocycles. The first kappa shape index (κ1) is 19.4. The van der Waals surface area contributed by atoms with Crippen LogP contribution in [-0.4, -0.2) is 60.3 Å². The van der Waals surface area contributed by atoms with Gasteiger partial charge >= 0.3 is 0 Å². The zero-order chi connectivity index (χ0) is 19.2. The second-order valence-corrected chi connectivity index (χ2v) is 6.97. The molecular weight excluding hydrogens is 362 g/mol. The van der Waals surface area contributed by atoms with E-state index in [0.717, 1.165) is 43.4 Å². The number of piperazine rings is 1. The Balaban J connectivity index is 1.55. The van der Waals surface area contributed by atoms with E-state index in [9.17, 15) is 4.79 Å². The number of benzene rings is 1. The van der Waals surface area contributed by atoms with Gasteiger partial charge in [-0.15, -0.1) is 10.2 Å². The Labute approximate surface area is 165 Å². The number of nitrogens with zero attached hydrogens (tertiary/aromatic N) is 5. The summed E-state index contributed by atoms with van der Waals surface area (Å²) in [7, 11) is 0.